The van der Waals surface area contributed by atoms with E-state index < -0.39 is 30.0 Å². The lowest BCUT2D eigenvalue weighted by molar-refractivity contribution is 0.170. The smallest absolute Gasteiger partial charge is 0.295 e. The maximum Gasteiger partial charge on any atom is 0.295 e. The third-order valence-electron chi connectivity index (χ3n) is 12.1. The Labute approximate surface area is 441 Å². The molecular weight excluding hydrogens is 1030 g/mol. The molecule has 6 aromatic rings. The summed E-state index contributed by atoms with van der Waals surface area (Å²) in [6.07, 6.45) is 5.64. The third-order valence-corrected chi connectivity index (χ3v) is 14.6. The number of anilines is 10. The van der Waals surface area contributed by atoms with Crippen molar-refractivity contribution in [1.29, 1.82) is 0 Å². The maximum atomic E-state index is 13.0. The van der Waals surface area contributed by atoms with Crippen LogP contribution in [0.1, 0.15) is 92.2 Å². The molecule has 20 nitrogen and oxygen atoms in total. The van der Waals surface area contributed by atoms with E-state index in [9.17, 15) is 25.9 Å². The third kappa shape index (κ3) is 14.3. The summed E-state index contributed by atoms with van der Waals surface area (Å²) in [6.45, 7) is 17.0. The fourth-order valence-corrected chi connectivity index (χ4v) is 11.9. The van der Waals surface area contributed by atoms with Crippen molar-refractivity contribution in [1.82, 2.24) is 40.5 Å². The maximum absolute atomic E-state index is 13.0. The highest BCUT2D eigenvalue weighted by Crippen LogP contribution is 2.34. The number of para-hydroxylation sites is 2. The van der Waals surface area contributed by atoms with E-state index in [0.717, 1.165) is 25.7 Å². The van der Waals surface area contributed by atoms with Crippen molar-refractivity contribution in [3.05, 3.63) is 106 Å². The van der Waals surface area contributed by atoms with E-state index in [2.05, 4.69) is 128 Å². The predicted octanol–water partition coefficient (Wildman–Crippen LogP) is 10.4. The van der Waals surface area contributed by atoms with Gasteiger partial charge in [0.1, 0.15) is 9.79 Å². The van der Waals surface area contributed by atoms with E-state index in [0.29, 0.717) is 21.4 Å². The van der Waals surface area contributed by atoms with Crippen LogP contribution in [0.15, 0.2) is 94.7 Å². The molecular formula is C50H60Cl2N14O6S2. The number of piperidine rings is 2. The van der Waals surface area contributed by atoms with Gasteiger partial charge in [-0.25, -0.2) is 0 Å². The number of nitrogens with one attached hydrogen (secondary N) is 8. The quantitative estimate of drug-likeness (QED) is 0.0318. The summed E-state index contributed by atoms with van der Waals surface area (Å²) < 4.78 is 72.8. The van der Waals surface area contributed by atoms with Crippen molar-refractivity contribution in [2.24, 2.45) is 0 Å². The Kier molecular flexibility index (Phi) is 15.2. The van der Waals surface area contributed by atoms with Gasteiger partial charge in [0.2, 0.25) is 35.7 Å². The van der Waals surface area contributed by atoms with E-state index in [-0.39, 0.29) is 92.4 Å². The van der Waals surface area contributed by atoms with Gasteiger partial charge in [-0.05, 0) is 141 Å². The molecule has 2 aliphatic rings. The molecule has 0 spiro atoms. The summed E-state index contributed by atoms with van der Waals surface area (Å²) in [7, 11) is -9.79. The topological polar surface area (TPSA) is 282 Å². The van der Waals surface area contributed by atoms with Crippen LogP contribution in [-0.4, -0.2) is 90.1 Å². The van der Waals surface area contributed by atoms with Gasteiger partial charge in [-0.1, -0.05) is 71.8 Å². The molecule has 2 fully saturated rings. The number of rotatable bonds is 16. The number of hydrogen-bond acceptors (Lipinski definition) is 18. The van der Waals surface area contributed by atoms with Gasteiger partial charge < -0.3 is 42.5 Å². The average molecular weight is 1090 g/mol. The van der Waals surface area contributed by atoms with Gasteiger partial charge in [0, 0.05) is 45.6 Å². The molecule has 4 heterocycles. The number of aromatic nitrogens is 6. The zero-order valence-corrected chi connectivity index (χ0v) is 45.1. The zero-order valence-electron chi connectivity index (χ0n) is 42.0. The van der Waals surface area contributed by atoms with Crippen LogP contribution in [0.3, 0.4) is 0 Å². The molecule has 10 N–H and O–H groups in total. The Bertz CT molecular complexity index is 3090. The van der Waals surface area contributed by atoms with E-state index >= 15 is 0 Å². The van der Waals surface area contributed by atoms with Crippen molar-refractivity contribution in [3.63, 3.8) is 0 Å². The van der Waals surface area contributed by atoms with E-state index in [1.54, 1.807) is 48.5 Å². The lowest BCUT2D eigenvalue weighted by Crippen LogP contribution is -2.60. The first kappa shape index (κ1) is 54.0. The fourth-order valence-electron chi connectivity index (χ4n) is 10.1. The van der Waals surface area contributed by atoms with Crippen LogP contribution in [0.5, 0.6) is 0 Å². The normalized spacial score (nSPS) is 17.6. The van der Waals surface area contributed by atoms with Crippen molar-refractivity contribution >= 4 is 114 Å². The number of halogens is 2. The van der Waals surface area contributed by atoms with Crippen LogP contribution in [0, 0.1) is 0 Å². The molecule has 0 amide bonds. The standard InChI is InChI=1S/C50H60Cl2N14O6S2/c1-47(2)25-33(26-48(3,4)65-47)55-43-59-41(61-45(63-43)57-37-15-11-9-13-35(37)51)53-31-21-19-29(39(23-31)73(67,68)69)17-18-30-20-22-32(24-40(30)74(70,71)72)54-42-60-44(56-34-27-49(5,6)66-50(7,8)28-34)64-46(62-42)58-38-16-12-10-14-36(38)52/h9-24,33-34,65-66H,25-28H2,1-8H3,(H,67,68,69)(H,70,71,72)(H3,53,55,57,59,61,63)(H3,54,56,58,60,62,64). The minimum atomic E-state index is -4.89. The highest BCUT2D eigenvalue weighted by Gasteiger charge is 2.39. The number of benzene rings is 4. The number of hydrogen-bond donors (Lipinski definition) is 10. The van der Waals surface area contributed by atoms with Gasteiger partial charge in [-0.2, -0.15) is 46.7 Å². The monoisotopic (exact) mass is 1090 g/mol. The fraction of sp³-hybridized carbons (Fsp3) is 0.360. The molecule has 392 valence electrons. The molecule has 2 aromatic heterocycles. The first-order chi connectivity index (χ1) is 34.5. The van der Waals surface area contributed by atoms with Gasteiger partial charge in [0.15, 0.2) is 0 Å². The second-order valence-corrected chi connectivity index (χ2v) is 24.7. The average Bonchev–Trinajstić information content (AvgIpc) is 3.25. The van der Waals surface area contributed by atoms with E-state index in [1.165, 1.54) is 48.6 Å². The van der Waals surface area contributed by atoms with Gasteiger partial charge in [0.05, 0.1) is 21.4 Å². The van der Waals surface area contributed by atoms with Crippen LogP contribution >= 0.6 is 23.2 Å². The highest BCUT2D eigenvalue weighted by atomic mass is 35.5. The van der Waals surface area contributed by atoms with Crippen molar-refractivity contribution in [2.45, 2.75) is 125 Å². The summed E-state index contributed by atoms with van der Waals surface area (Å²) >= 11 is 12.9. The number of nitrogens with zero attached hydrogens (tertiary/aromatic N) is 6. The molecule has 0 aliphatic carbocycles. The first-order valence-corrected chi connectivity index (χ1v) is 27.3. The Hall–Kier alpha value is -6.24. The van der Waals surface area contributed by atoms with Gasteiger partial charge in [-0.15, -0.1) is 0 Å². The SMILES string of the molecule is CC1(C)CC(Nc2nc(Nc3ccc(C=Cc4ccc(Nc5nc(Nc6ccccc6Cl)nc(NC6CC(C)(C)NC(C)(C)C6)n5)cc4S(=O)(=O)O)c(S(=O)(=O)O)c3)nc(Nc3ccccc3Cl)n2)CC(C)(C)N1. The summed E-state index contributed by atoms with van der Waals surface area (Å²) in [5.74, 6) is 0.838. The van der Waals surface area contributed by atoms with Crippen molar-refractivity contribution in [3.8, 4) is 0 Å². The van der Waals surface area contributed by atoms with Crippen LogP contribution in [-0.2, 0) is 20.2 Å². The second kappa shape index (κ2) is 20.8. The molecule has 0 radical (unpaired) electrons. The lowest BCUT2D eigenvalue weighted by Gasteiger charge is -2.46. The Morgan fingerprint density at radius 1 is 0.486 bits per heavy atom. The molecule has 0 saturated carbocycles. The van der Waals surface area contributed by atoms with Gasteiger partial charge in [0.25, 0.3) is 20.2 Å². The lowest BCUT2D eigenvalue weighted by atomic mass is 9.79. The van der Waals surface area contributed by atoms with Crippen LogP contribution < -0.4 is 42.5 Å². The first-order valence-electron chi connectivity index (χ1n) is 23.7. The minimum Gasteiger partial charge on any atom is -0.351 e. The summed E-state index contributed by atoms with van der Waals surface area (Å²) in [5.41, 5.74) is 0.660. The van der Waals surface area contributed by atoms with E-state index in [4.69, 9.17) is 23.2 Å². The van der Waals surface area contributed by atoms with Crippen molar-refractivity contribution in [2.75, 3.05) is 31.9 Å². The Morgan fingerprint density at radius 2 is 0.797 bits per heavy atom. The molecule has 24 heteroatoms. The second-order valence-electron chi connectivity index (χ2n) is 21.1. The molecule has 4 aromatic carbocycles. The molecule has 74 heavy (non-hydrogen) atoms. The Balaban J connectivity index is 1.07. The van der Waals surface area contributed by atoms with Gasteiger partial charge in [-0.3, -0.25) is 9.11 Å². The molecule has 0 unspecified atom stereocenters. The van der Waals surface area contributed by atoms with Crippen molar-refractivity contribution < 1.29 is 25.9 Å². The predicted molar refractivity (Wildman–Crippen MR) is 293 cm³/mol. The Morgan fingerprint density at radius 3 is 1.12 bits per heavy atom. The molecule has 0 bridgehead atoms. The van der Waals surface area contributed by atoms with Crippen LogP contribution in [0.4, 0.5) is 58.4 Å². The summed E-state index contributed by atoms with van der Waals surface area (Å²) in [6, 6.07) is 22.3. The minimum absolute atomic E-state index is 0.0129. The molecule has 8 rings (SSSR count). The van der Waals surface area contributed by atoms with Crippen LogP contribution in [0.25, 0.3) is 12.2 Å². The summed E-state index contributed by atoms with van der Waals surface area (Å²) in [5, 5.41) is 27.4. The van der Waals surface area contributed by atoms with E-state index in [1.807, 2.05) is 0 Å². The largest absolute Gasteiger partial charge is 0.351 e. The molecule has 0 atom stereocenters. The van der Waals surface area contributed by atoms with Gasteiger partial charge >= 0.3 is 0 Å². The van der Waals surface area contributed by atoms with Crippen LogP contribution in [0.2, 0.25) is 10.0 Å². The highest BCUT2D eigenvalue weighted by molar-refractivity contribution is 7.86. The summed E-state index contributed by atoms with van der Waals surface area (Å²) in [4.78, 5) is 26.6. The molecule has 2 saturated heterocycles. The molecule has 2 aliphatic heterocycles. The zero-order chi connectivity index (χ0) is 53.4.